The normalized spacial score (nSPS) is 11.1. The highest BCUT2D eigenvalue weighted by Crippen LogP contribution is 2.40. The van der Waals surface area contributed by atoms with Crippen molar-refractivity contribution in [2.45, 2.75) is 20.8 Å². The highest BCUT2D eigenvalue weighted by molar-refractivity contribution is 6.35. The lowest BCUT2D eigenvalue weighted by atomic mass is 10.00. The van der Waals surface area contributed by atoms with E-state index in [2.05, 4.69) is 9.97 Å². The summed E-state index contributed by atoms with van der Waals surface area (Å²) in [7, 11) is 0. The van der Waals surface area contributed by atoms with E-state index in [9.17, 15) is 4.79 Å². The van der Waals surface area contributed by atoms with E-state index in [0.717, 1.165) is 33.4 Å². The highest BCUT2D eigenvalue weighted by atomic mass is 35.5. The van der Waals surface area contributed by atoms with E-state index in [1.807, 2.05) is 38.1 Å². The average Bonchev–Trinajstić information content (AvgIpc) is 2.94. The molecule has 3 aromatic rings. The number of aromatic amines is 2. The van der Waals surface area contributed by atoms with Gasteiger partial charge in [0.2, 0.25) is 0 Å². The van der Waals surface area contributed by atoms with Gasteiger partial charge in [-0.25, -0.2) is 4.79 Å². The van der Waals surface area contributed by atoms with Crippen molar-refractivity contribution < 1.29 is 9.53 Å². The van der Waals surface area contributed by atoms with E-state index >= 15 is 0 Å². The van der Waals surface area contributed by atoms with Crippen LogP contribution in [0.3, 0.4) is 0 Å². The second-order valence-electron chi connectivity index (χ2n) is 5.21. The van der Waals surface area contributed by atoms with Gasteiger partial charge < -0.3 is 14.7 Å². The van der Waals surface area contributed by atoms with Crippen LogP contribution in [0.4, 0.5) is 0 Å². The van der Waals surface area contributed by atoms with Crippen LogP contribution in [0.1, 0.15) is 28.7 Å². The summed E-state index contributed by atoms with van der Waals surface area (Å²) in [6, 6.07) is 7.85. The second-order valence-corrected chi connectivity index (χ2v) is 5.58. The van der Waals surface area contributed by atoms with Crippen LogP contribution in [-0.4, -0.2) is 22.5 Å². The Hall–Kier alpha value is -2.20. The Labute approximate surface area is 133 Å². The summed E-state index contributed by atoms with van der Waals surface area (Å²) in [6.07, 6.45) is 0. The third kappa shape index (κ3) is 2.20. The standard InChI is InChI=1S/C17H17ClN2O2/c1-4-22-17(21)14-10(3)19-9(2)13(14)15-11-7-5-6-8-12(11)20-16(15)18/h5-8,19-20H,4H2,1-3H3. The lowest BCUT2D eigenvalue weighted by molar-refractivity contribution is 0.0526. The van der Waals surface area contributed by atoms with Crippen LogP contribution < -0.4 is 0 Å². The minimum atomic E-state index is -0.333. The highest BCUT2D eigenvalue weighted by Gasteiger charge is 2.25. The molecule has 4 nitrogen and oxygen atoms in total. The molecular weight excluding hydrogens is 300 g/mol. The molecule has 1 aromatic carbocycles. The number of rotatable bonds is 3. The van der Waals surface area contributed by atoms with Crippen molar-refractivity contribution in [2.24, 2.45) is 0 Å². The zero-order chi connectivity index (χ0) is 15.9. The first-order chi connectivity index (χ1) is 10.5. The minimum Gasteiger partial charge on any atom is -0.462 e. The quantitative estimate of drug-likeness (QED) is 0.693. The van der Waals surface area contributed by atoms with Gasteiger partial charge in [-0.1, -0.05) is 29.8 Å². The topological polar surface area (TPSA) is 57.9 Å². The molecule has 0 aliphatic carbocycles. The maximum Gasteiger partial charge on any atom is 0.340 e. The van der Waals surface area contributed by atoms with Crippen LogP contribution in [-0.2, 0) is 4.74 Å². The van der Waals surface area contributed by atoms with Crippen LogP contribution >= 0.6 is 11.6 Å². The van der Waals surface area contributed by atoms with Gasteiger partial charge >= 0.3 is 5.97 Å². The number of fused-ring (bicyclic) bond motifs is 1. The average molecular weight is 317 g/mol. The fourth-order valence-corrected chi connectivity index (χ4v) is 3.20. The van der Waals surface area contributed by atoms with E-state index < -0.39 is 0 Å². The van der Waals surface area contributed by atoms with Crippen LogP contribution in [0.25, 0.3) is 22.0 Å². The van der Waals surface area contributed by atoms with Gasteiger partial charge in [-0.2, -0.15) is 0 Å². The molecule has 2 heterocycles. The van der Waals surface area contributed by atoms with E-state index in [1.165, 1.54) is 0 Å². The monoisotopic (exact) mass is 316 g/mol. The zero-order valence-electron chi connectivity index (χ0n) is 12.7. The summed E-state index contributed by atoms with van der Waals surface area (Å²) in [5.41, 5.74) is 4.81. The molecule has 0 spiro atoms. The second kappa shape index (κ2) is 5.54. The molecule has 3 rings (SSSR count). The van der Waals surface area contributed by atoms with Crippen molar-refractivity contribution in [3.05, 3.63) is 46.4 Å². The molecule has 0 atom stereocenters. The summed E-state index contributed by atoms with van der Waals surface area (Å²) in [6.45, 7) is 5.93. The smallest absolute Gasteiger partial charge is 0.340 e. The predicted molar refractivity (Wildman–Crippen MR) is 88.5 cm³/mol. The van der Waals surface area contributed by atoms with Crippen LogP contribution in [0.15, 0.2) is 24.3 Å². The fraction of sp³-hybridized carbons (Fsp3) is 0.235. The minimum absolute atomic E-state index is 0.333. The lowest BCUT2D eigenvalue weighted by Crippen LogP contribution is -2.06. The number of aryl methyl sites for hydroxylation is 2. The van der Waals surface area contributed by atoms with E-state index in [4.69, 9.17) is 16.3 Å². The Morgan fingerprint density at radius 1 is 1.14 bits per heavy atom. The maximum absolute atomic E-state index is 12.3. The number of H-pyrrole nitrogens is 2. The first-order valence-corrected chi connectivity index (χ1v) is 7.55. The van der Waals surface area contributed by atoms with Gasteiger partial charge in [0.25, 0.3) is 0 Å². The lowest BCUT2D eigenvalue weighted by Gasteiger charge is -2.06. The molecule has 0 saturated heterocycles. The van der Waals surface area contributed by atoms with Crippen LogP contribution in [0, 0.1) is 13.8 Å². The Kier molecular flexibility index (Phi) is 3.71. The molecule has 2 aromatic heterocycles. The van der Waals surface area contributed by atoms with Crippen LogP contribution in [0.5, 0.6) is 0 Å². The number of halogens is 1. The molecule has 22 heavy (non-hydrogen) atoms. The number of carbonyl (C=O) groups excluding carboxylic acids is 1. The Balaban J connectivity index is 2.31. The molecule has 0 bridgehead atoms. The molecule has 0 radical (unpaired) electrons. The van der Waals surface area contributed by atoms with Crippen molar-refractivity contribution in [3.63, 3.8) is 0 Å². The first kappa shape index (κ1) is 14.7. The molecule has 2 N–H and O–H groups in total. The van der Waals surface area contributed by atoms with E-state index in [0.29, 0.717) is 17.3 Å². The summed E-state index contributed by atoms with van der Waals surface area (Å²) in [4.78, 5) is 18.7. The van der Waals surface area contributed by atoms with E-state index in [1.54, 1.807) is 6.92 Å². The van der Waals surface area contributed by atoms with Crippen LogP contribution in [0.2, 0.25) is 5.15 Å². The van der Waals surface area contributed by atoms with Crippen molar-refractivity contribution in [1.82, 2.24) is 9.97 Å². The fourth-order valence-electron chi connectivity index (χ4n) is 2.91. The number of esters is 1. The van der Waals surface area contributed by atoms with E-state index in [-0.39, 0.29) is 5.97 Å². The Morgan fingerprint density at radius 3 is 2.59 bits per heavy atom. The first-order valence-electron chi connectivity index (χ1n) is 7.17. The number of hydrogen-bond acceptors (Lipinski definition) is 2. The molecule has 0 aliphatic rings. The largest absolute Gasteiger partial charge is 0.462 e. The molecule has 0 unspecified atom stereocenters. The molecular formula is C17H17ClN2O2. The number of carbonyl (C=O) groups is 1. The van der Waals surface area contributed by atoms with Gasteiger partial charge in [-0.15, -0.1) is 0 Å². The number of ether oxygens (including phenoxy) is 1. The van der Waals surface area contributed by atoms with Gasteiger partial charge in [-0.3, -0.25) is 0 Å². The molecule has 0 aliphatic heterocycles. The van der Waals surface area contributed by atoms with Gasteiger partial charge in [0.05, 0.1) is 12.2 Å². The molecule has 5 heteroatoms. The number of para-hydroxylation sites is 1. The van der Waals surface area contributed by atoms with Gasteiger partial charge in [0, 0.05) is 33.4 Å². The Morgan fingerprint density at radius 2 is 1.86 bits per heavy atom. The summed E-state index contributed by atoms with van der Waals surface area (Å²) < 4.78 is 5.20. The number of nitrogens with one attached hydrogen (secondary N) is 2. The molecule has 114 valence electrons. The summed E-state index contributed by atoms with van der Waals surface area (Å²) in [5.74, 6) is -0.333. The van der Waals surface area contributed by atoms with Crippen molar-refractivity contribution in [3.8, 4) is 11.1 Å². The maximum atomic E-state index is 12.3. The van der Waals surface area contributed by atoms with Crippen molar-refractivity contribution in [1.29, 1.82) is 0 Å². The van der Waals surface area contributed by atoms with Crippen molar-refractivity contribution in [2.75, 3.05) is 6.61 Å². The molecule has 0 saturated carbocycles. The third-order valence-corrected chi connectivity index (χ3v) is 4.05. The predicted octanol–water partition coefficient (Wildman–Crippen LogP) is 4.61. The summed E-state index contributed by atoms with van der Waals surface area (Å²) >= 11 is 6.42. The van der Waals surface area contributed by atoms with Gasteiger partial charge in [0.1, 0.15) is 5.15 Å². The number of aromatic nitrogens is 2. The molecule has 0 amide bonds. The SMILES string of the molecule is CCOC(=O)c1c(C)[nH]c(C)c1-c1c(Cl)[nH]c2ccccc12. The summed E-state index contributed by atoms with van der Waals surface area (Å²) in [5, 5.41) is 1.51. The van der Waals surface area contributed by atoms with Gasteiger partial charge in [-0.05, 0) is 26.8 Å². The number of benzene rings is 1. The van der Waals surface area contributed by atoms with Crippen molar-refractivity contribution >= 4 is 28.5 Å². The zero-order valence-corrected chi connectivity index (χ0v) is 13.5. The molecule has 0 fully saturated rings. The van der Waals surface area contributed by atoms with Gasteiger partial charge in [0.15, 0.2) is 0 Å². The third-order valence-electron chi connectivity index (χ3n) is 3.76. The number of hydrogen-bond donors (Lipinski definition) is 2. The Bertz CT molecular complexity index is 861.